The number of aliphatic hydroxyl groups is 1. The average Bonchev–Trinajstić information content (AvgIpc) is 2.37. The van der Waals surface area contributed by atoms with Gasteiger partial charge in [0.1, 0.15) is 0 Å². The van der Waals surface area contributed by atoms with Gasteiger partial charge < -0.3 is 5.11 Å². The molecule has 0 spiro atoms. The van der Waals surface area contributed by atoms with E-state index in [4.69, 9.17) is 5.11 Å². The van der Waals surface area contributed by atoms with Crippen LogP contribution in [0.2, 0.25) is 0 Å². The maximum Gasteiger partial charge on any atom is 0.159 e. The lowest BCUT2D eigenvalue weighted by Crippen LogP contribution is -1.96. The molecule has 0 radical (unpaired) electrons. The SMILES string of the molecule is CC(C)=CC(=O)C/C(C)=C/CCC(C)CCC/C(C)=C/CO. The Bertz CT molecular complexity index is 409. The van der Waals surface area contributed by atoms with Gasteiger partial charge in [-0.2, -0.15) is 0 Å². The van der Waals surface area contributed by atoms with Gasteiger partial charge in [0.15, 0.2) is 5.78 Å². The Hall–Kier alpha value is -1.15. The third-order valence-electron chi connectivity index (χ3n) is 3.76. The first-order valence-corrected chi connectivity index (χ1v) is 8.45. The number of rotatable bonds is 11. The highest BCUT2D eigenvalue weighted by atomic mass is 16.2. The van der Waals surface area contributed by atoms with Crippen molar-refractivity contribution < 1.29 is 9.90 Å². The molecule has 0 aliphatic rings. The van der Waals surface area contributed by atoms with Crippen molar-refractivity contribution in [1.82, 2.24) is 0 Å². The molecule has 0 aliphatic carbocycles. The lowest BCUT2D eigenvalue weighted by molar-refractivity contribution is -0.114. The van der Waals surface area contributed by atoms with Crippen LogP contribution < -0.4 is 0 Å². The normalized spacial score (nSPS) is 13.9. The van der Waals surface area contributed by atoms with E-state index in [9.17, 15) is 4.79 Å². The van der Waals surface area contributed by atoms with Crippen molar-refractivity contribution in [1.29, 1.82) is 0 Å². The van der Waals surface area contributed by atoms with Crippen molar-refractivity contribution >= 4 is 5.78 Å². The summed E-state index contributed by atoms with van der Waals surface area (Å²) in [4.78, 5) is 11.7. The first kappa shape index (κ1) is 20.9. The molecule has 1 atom stereocenters. The summed E-state index contributed by atoms with van der Waals surface area (Å²) in [5.74, 6) is 0.910. The van der Waals surface area contributed by atoms with Gasteiger partial charge >= 0.3 is 0 Å². The Labute approximate surface area is 137 Å². The Morgan fingerprint density at radius 2 is 1.73 bits per heavy atom. The van der Waals surface area contributed by atoms with Crippen molar-refractivity contribution in [3.05, 3.63) is 34.9 Å². The summed E-state index contributed by atoms with van der Waals surface area (Å²) in [6, 6.07) is 0. The summed E-state index contributed by atoms with van der Waals surface area (Å²) < 4.78 is 0. The lowest BCUT2D eigenvalue weighted by atomic mass is 9.96. The molecule has 1 N–H and O–H groups in total. The molecular formula is C20H34O2. The molecule has 2 nitrogen and oxygen atoms in total. The predicted octanol–water partition coefficient (Wildman–Crippen LogP) is 5.38. The molecule has 0 saturated heterocycles. The Morgan fingerprint density at radius 1 is 1.05 bits per heavy atom. The highest BCUT2D eigenvalue weighted by Crippen LogP contribution is 2.17. The van der Waals surface area contributed by atoms with Crippen LogP contribution in [0.4, 0.5) is 0 Å². The largest absolute Gasteiger partial charge is 0.392 e. The van der Waals surface area contributed by atoms with E-state index in [2.05, 4.69) is 19.9 Å². The topological polar surface area (TPSA) is 37.3 Å². The highest BCUT2D eigenvalue weighted by molar-refractivity contribution is 5.91. The van der Waals surface area contributed by atoms with E-state index in [1.165, 1.54) is 30.4 Å². The van der Waals surface area contributed by atoms with E-state index >= 15 is 0 Å². The number of carbonyl (C=O) groups is 1. The molecule has 0 aromatic carbocycles. The van der Waals surface area contributed by atoms with Crippen LogP contribution in [0.1, 0.15) is 73.1 Å². The number of carbonyl (C=O) groups excluding carboxylic acids is 1. The van der Waals surface area contributed by atoms with E-state index in [1.54, 1.807) is 6.08 Å². The van der Waals surface area contributed by atoms with Gasteiger partial charge in [-0.3, -0.25) is 4.79 Å². The van der Waals surface area contributed by atoms with Crippen LogP contribution in [0.5, 0.6) is 0 Å². The predicted molar refractivity (Wildman–Crippen MR) is 95.9 cm³/mol. The molecule has 0 aromatic rings. The minimum Gasteiger partial charge on any atom is -0.392 e. The molecule has 0 rings (SSSR count). The molecule has 0 fully saturated rings. The van der Waals surface area contributed by atoms with Gasteiger partial charge in [0.2, 0.25) is 0 Å². The molecule has 0 bridgehead atoms. The monoisotopic (exact) mass is 306 g/mol. The van der Waals surface area contributed by atoms with Gasteiger partial charge in [-0.1, -0.05) is 42.2 Å². The second-order valence-electron chi connectivity index (χ2n) is 6.72. The maximum absolute atomic E-state index is 11.7. The summed E-state index contributed by atoms with van der Waals surface area (Å²) in [6.07, 6.45) is 12.1. The zero-order valence-corrected chi connectivity index (χ0v) is 15.1. The number of aliphatic hydroxyl groups excluding tert-OH is 1. The zero-order chi connectivity index (χ0) is 17.0. The summed E-state index contributed by atoms with van der Waals surface area (Å²) in [5, 5.41) is 8.81. The Kier molecular flexibility index (Phi) is 11.8. The average molecular weight is 306 g/mol. The van der Waals surface area contributed by atoms with E-state index < -0.39 is 0 Å². The maximum atomic E-state index is 11.7. The standard InChI is InChI=1S/C20H34O2/c1-16(2)14-20(22)15-19(5)11-7-9-17(3)8-6-10-18(4)12-13-21/h11-12,14,17,21H,6-10,13,15H2,1-5H3/b18-12+,19-11+. The molecule has 126 valence electrons. The van der Waals surface area contributed by atoms with Crippen molar-refractivity contribution in [3.63, 3.8) is 0 Å². The molecular weight excluding hydrogens is 272 g/mol. The van der Waals surface area contributed by atoms with Crippen molar-refractivity contribution in [3.8, 4) is 0 Å². The van der Waals surface area contributed by atoms with Crippen molar-refractivity contribution in [2.75, 3.05) is 6.61 Å². The number of allylic oxidation sites excluding steroid dienone is 5. The molecule has 0 aromatic heterocycles. The fraction of sp³-hybridized carbons (Fsp3) is 0.650. The second-order valence-corrected chi connectivity index (χ2v) is 6.72. The van der Waals surface area contributed by atoms with Gasteiger partial charge in [0.05, 0.1) is 6.61 Å². The number of hydrogen-bond donors (Lipinski definition) is 1. The minimum absolute atomic E-state index is 0.150. The summed E-state index contributed by atoms with van der Waals surface area (Å²) in [7, 11) is 0. The van der Waals surface area contributed by atoms with E-state index in [1.807, 2.05) is 26.8 Å². The van der Waals surface area contributed by atoms with Gasteiger partial charge in [0.25, 0.3) is 0 Å². The summed E-state index contributed by atoms with van der Waals surface area (Å²) in [5.41, 5.74) is 3.52. The highest BCUT2D eigenvalue weighted by Gasteiger charge is 2.03. The van der Waals surface area contributed by atoms with Gasteiger partial charge in [-0.25, -0.2) is 0 Å². The Balaban J connectivity index is 3.93. The first-order valence-electron chi connectivity index (χ1n) is 8.45. The van der Waals surface area contributed by atoms with Gasteiger partial charge in [-0.05, 0) is 65.4 Å². The van der Waals surface area contributed by atoms with Crippen LogP contribution in [0, 0.1) is 5.92 Å². The molecule has 0 heterocycles. The first-order chi connectivity index (χ1) is 10.3. The molecule has 0 amide bonds. The molecule has 22 heavy (non-hydrogen) atoms. The number of hydrogen-bond acceptors (Lipinski definition) is 2. The number of ketones is 1. The Morgan fingerprint density at radius 3 is 2.32 bits per heavy atom. The van der Waals surface area contributed by atoms with Crippen LogP contribution in [0.15, 0.2) is 34.9 Å². The van der Waals surface area contributed by atoms with Crippen molar-refractivity contribution in [2.45, 2.75) is 73.1 Å². The molecule has 0 saturated carbocycles. The van der Waals surface area contributed by atoms with Gasteiger partial charge in [0, 0.05) is 6.42 Å². The van der Waals surface area contributed by atoms with E-state index in [0.29, 0.717) is 12.3 Å². The van der Waals surface area contributed by atoms with Crippen LogP contribution in [-0.4, -0.2) is 17.5 Å². The summed E-state index contributed by atoms with van der Waals surface area (Å²) in [6.45, 7) is 10.5. The zero-order valence-electron chi connectivity index (χ0n) is 15.1. The smallest absolute Gasteiger partial charge is 0.159 e. The van der Waals surface area contributed by atoms with E-state index in [0.717, 1.165) is 18.4 Å². The second kappa shape index (κ2) is 12.4. The van der Waals surface area contributed by atoms with Crippen molar-refractivity contribution in [2.24, 2.45) is 5.92 Å². The van der Waals surface area contributed by atoms with Crippen LogP contribution in [0.3, 0.4) is 0 Å². The van der Waals surface area contributed by atoms with Crippen LogP contribution >= 0.6 is 0 Å². The molecule has 1 unspecified atom stereocenters. The third kappa shape index (κ3) is 12.6. The summed E-state index contributed by atoms with van der Waals surface area (Å²) >= 11 is 0. The van der Waals surface area contributed by atoms with Crippen LogP contribution in [0.25, 0.3) is 0 Å². The fourth-order valence-electron chi connectivity index (χ4n) is 2.47. The molecule has 2 heteroatoms. The van der Waals surface area contributed by atoms with Gasteiger partial charge in [-0.15, -0.1) is 0 Å². The van der Waals surface area contributed by atoms with Crippen LogP contribution in [-0.2, 0) is 4.79 Å². The third-order valence-corrected chi connectivity index (χ3v) is 3.76. The minimum atomic E-state index is 0.150. The quantitative estimate of drug-likeness (QED) is 0.411. The van der Waals surface area contributed by atoms with E-state index in [-0.39, 0.29) is 12.4 Å². The lowest BCUT2D eigenvalue weighted by Gasteiger charge is -2.10. The fourth-order valence-corrected chi connectivity index (χ4v) is 2.47. The molecule has 0 aliphatic heterocycles.